The molecule has 0 aliphatic rings. The smallest absolute Gasteiger partial charge is 0.243 e. The Hall–Kier alpha value is -0.220. The summed E-state index contributed by atoms with van der Waals surface area (Å²) in [6.07, 6.45) is 6.36. The summed E-state index contributed by atoms with van der Waals surface area (Å²) in [6.45, 7) is 0.0459. The fourth-order valence-electron chi connectivity index (χ4n) is 0.392. The number of primary amides is 1. The van der Waals surface area contributed by atoms with Crippen LogP contribution in [-0.2, 0) is 9.53 Å². The maximum absolute atomic E-state index is 10.2. The molecular weight excluding hydrogens is 150 g/mol. The second-order valence-electron chi connectivity index (χ2n) is 3.02. The van der Waals surface area contributed by atoms with Gasteiger partial charge in [0.15, 0.2) is 0 Å². The quantitative estimate of drug-likeness (QED) is 0.644. The molecule has 0 heterocycles. The van der Waals surface area contributed by atoms with Gasteiger partial charge in [-0.3, -0.25) is 4.79 Å². The van der Waals surface area contributed by atoms with Gasteiger partial charge in [-0.25, -0.2) is 10.0 Å². The highest BCUT2D eigenvalue weighted by atomic mass is 32.3. The van der Waals surface area contributed by atoms with Crippen molar-refractivity contribution in [2.75, 3.05) is 31.3 Å². The summed E-state index contributed by atoms with van der Waals surface area (Å²) in [4.78, 5) is 10.2. The second-order valence-corrected chi connectivity index (χ2v) is 7.44. The lowest BCUT2D eigenvalue weighted by molar-refractivity contribution is -0.121. The molecule has 0 saturated heterocycles. The van der Waals surface area contributed by atoms with Crippen molar-refractivity contribution < 1.29 is 9.53 Å². The molecule has 10 heavy (non-hydrogen) atoms. The van der Waals surface area contributed by atoms with E-state index in [9.17, 15) is 4.79 Å². The van der Waals surface area contributed by atoms with E-state index in [1.54, 1.807) is 0 Å². The highest BCUT2D eigenvalue weighted by molar-refractivity contribution is 8.32. The first kappa shape index (κ1) is 9.78. The minimum Gasteiger partial charge on any atom is -0.368 e. The maximum atomic E-state index is 10.2. The van der Waals surface area contributed by atoms with E-state index < -0.39 is 15.9 Å². The van der Waals surface area contributed by atoms with E-state index in [4.69, 9.17) is 10.5 Å². The average Bonchev–Trinajstić information content (AvgIpc) is 1.59. The van der Waals surface area contributed by atoms with E-state index >= 15 is 0 Å². The van der Waals surface area contributed by atoms with E-state index in [0.717, 1.165) is 0 Å². The highest BCUT2D eigenvalue weighted by Crippen LogP contribution is 2.33. The molecule has 2 N–H and O–H groups in total. The number of carbonyl (C=O) groups is 1. The molecule has 3 nitrogen and oxygen atoms in total. The molecule has 0 fully saturated rings. The SMILES string of the molecule is CS(C)(C)COCC(N)=O. The predicted molar refractivity (Wildman–Crippen MR) is 45.4 cm³/mol. The first-order chi connectivity index (χ1) is 4.42. The average molecular weight is 165 g/mol. The first-order valence-corrected chi connectivity index (χ1v) is 5.96. The van der Waals surface area contributed by atoms with Crippen LogP contribution in [0.2, 0.25) is 0 Å². The van der Waals surface area contributed by atoms with E-state index in [1.807, 2.05) is 0 Å². The Morgan fingerprint density at radius 3 is 2.30 bits per heavy atom. The van der Waals surface area contributed by atoms with Crippen LogP contribution in [0.4, 0.5) is 0 Å². The van der Waals surface area contributed by atoms with Crippen LogP contribution in [0.3, 0.4) is 0 Å². The number of nitrogens with two attached hydrogens (primary N) is 1. The van der Waals surface area contributed by atoms with Crippen LogP contribution in [0.5, 0.6) is 0 Å². The lowest BCUT2D eigenvalue weighted by Crippen LogP contribution is -2.19. The third-order valence-electron chi connectivity index (χ3n) is 0.681. The van der Waals surface area contributed by atoms with Crippen molar-refractivity contribution in [2.45, 2.75) is 0 Å². The van der Waals surface area contributed by atoms with Gasteiger partial charge in [0.25, 0.3) is 0 Å². The lowest BCUT2D eigenvalue weighted by atomic mass is 10.7. The van der Waals surface area contributed by atoms with Gasteiger partial charge in [0, 0.05) is 0 Å². The van der Waals surface area contributed by atoms with E-state index in [2.05, 4.69) is 18.8 Å². The Kier molecular flexibility index (Phi) is 3.75. The van der Waals surface area contributed by atoms with Crippen LogP contribution in [0.1, 0.15) is 0 Å². The van der Waals surface area contributed by atoms with Gasteiger partial charge in [-0.2, -0.15) is 0 Å². The summed E-state index contributed by atoms with van der Waals surface area (Å²) < 4.78 is 5.02. The minimum atomic E-state index is -0.650. The fourth-order valence-corrected chi connectivity index (χ4v) is 0.976. The topological polar surface area (TPSA) is 52.3 Å². The Morgan fingerprint density at radius 2 is 2.00 bits per heavy atom. The Morgan fingerprint density at radius 1 is 1.50 bits per heavy atom. The van der Waals surface area contributed by atoms with Gasteiger partial charge in [0.1, 0.15) is 6.61 Å². The molecule has 0 aliphatic heterocycles. The van der Waals surface area contributed by atoms with Gasteiger partial charge in [-0.05, 0) is 18.8 Å². The molecule has 1 amide bonds. The van der Waals surface area contributed by atoms with E-state index in [-0.39, 0.29) is 6.61 Å². The normalized spacial score (nSPS) is 13.1. The zero-order chi connectivity index (χ0) is 8.20. The van der Waals surface area contributed by atoms with Gasteiger partial charge in [0.2, 0.25) is 5.91 Å². The molecule has 0 aliphatic carbocycles. The molecule has 0 radical (unpaired) electrons. The zero-order valence-corrected chi connectivity index (χ0v) is 7.53. The first-order valence-electron chi connectivity index (χ1n) is 2.94. The van der Waals surface area contributed by atoms with E-state index in [0.29, 0.717) is 5.94 Å². The number of ether oxygens (including phenoxy) is 1. The molecule has 0 saturated carbocycles. The molecule has 4 heteroatoms. The highest BCUT2D eigenvalue weighted by Gasteiger charge is 2.03. The van der Waals surface area contributed by atoms with Crippen molar-refractivity contribution in [1.82, 2.24) is 0 Å². The Balaban J connectivity index is 3.29. The molecule has 0 aromatic rings. The molecule has 0 aromatic heterocycles. The number of hydrogen-bond acceptors (Lipinski definition) is 2. The van der Waals surface area contributed by atoms with Crippen molar-refractivity contribution in [3.63, 3.8) is 0 Å². The van der Waals surface area contributed by atoms with Crippen LogP contribution in [0.25, 0.3) is 0 Å². The van der Waals surface area contributed by atoms with Gasteiger partial charge in [0.05, 0.1) is 5.94 Å². The largest absolute Gasteiger partial charge is 0.368 e. The third kappa shape index (κ3) is 7.78. The van der Waals surface area contributed by atoms with Crippen LogP contribution >= 0.6 is 10.0 Å². The molecule has 0 unspecified atom stereocenters. The monoisotopic (exact) mass is 165 g/mol. The second kappa shape index (κ2) is 3.83. The van der Waals surface area contributed by atoms with Crippen LogP contribution in [0, 0.1) is 0 Å². The van der Waals surface area contributed by atoms with Crippen LogP contribution in [0.15, 0.2) is 0 Å². The number of hydrogen-bond donors (Lipinski definition) is 1. The Labute approximate surface area is 63.2 Å². The summed E-state index contributed by atoms with van der Waals surface area (Å²) in [5.74, 6) is 0.249. The number of carbonyl (C=O) groups excluding carboxylic acids is 1. The molecule has 0 rings (SSSR count). The number of amides is 1. The van der Waals surface area contributed by atoms with Crippen molar-refractivity contribution in [2.24, 2.45) is 5.73 Å². The fraction of sp³-hybridized carbons (Fsp3) is 0.833. The van der Waals surface area contributed by atoms with Crippen molar-refractivity contribution in [3.05, 3.63) is 0 Å². The summed E-state index contributed by atoms with van der Waals surface area (Å²) in [7, 11) is -0.650. The lowest BCUT2D eigenvalue weighted by Gasteiger charge is -2.23. The van der Waals surface area contributed by atoms with Crippen molar-refractivity contribution in [3.8, 4) is 0 Å². The van der Waals surface area contributed by atoms with Gasteiger partial charge in [-0.1, -0.05) is 0 Å². The van der Waals surface area contributed by atoms with E-state index in [1.165, 1.54) is 0 Å². The summed E-state index contributed by atoms with van der Waals surface area (Å²) in [5.41, 5.74) is 4.87. The minimum absolute atomic E-state index is 0.0459. The predicted octanol–water partition coefficient (Wildman–Crippen LogP) is 0.140. The Bertz CT molecular complexity index is 119. The van der Waals surface area contributed by atoms with Crippen molar-refractivity contribution in [1.29, 1.82) is 0 Å². The molecular formula is C6H15NO2S. The zero-order valence-electron chi connectivity index (χ0n) is 6.72. The van der Waals surface area contributed by atoms with Gasteiger partial charge >= 0.3 is 0 Å². The molecule has 0 spiro atoms. The summed E-state index contributed by atoms with van der Waals surface area (Å²) >= 11 is 0. The summed E-state index contributed by atoms with van der Waals surface area (Å²) in [6, 6.07) is 0. The van der Waals surface area contributed by atoms with Gasteiger partial charge < -0.3 is 10.5 Å². The van der Waals surface area contributed by atoms with Crippen LogP contribution < -0.4 is 5.73 Å². The molecule has 0 atom stereocenters. The summed E-state index contributed by atoms with van der Waals surface area (Å²) in [5, 5.41) is 0. The maximum Gasteiger partial charge on any atom is 0.243 e. The van der Waals surface area contributed by atoms with Gasteiger partial charge in [-0.15, -0.1) is 0 Å². The van der Waals surface area contributed by atoms with Crippen molar-refractivity contribution >= 4 is 15.9 Å². The molecule has 62 valence electrons. The van der Waals surface area contributed by atoms with Crippen LogP contribution in [-0.4, -0.2) is 37.2 Å². The number of rotatable bonds is 4. The molecule has 0 bridgehead atoms. The standard InChI is InChI=1S/C6H15NO2S/c1-10(2,3)5-9-4-6(7)8/h4-5H2,1-3H3,(H2,7,8). The molecule has 0 aromatic carbocycles. The third-order valence-corrected chi connectivity index (χ3v) is 1.55.